The third-order valence-corrected chi connectivity index (χ3v) is 6.25. The van der Waals surface area contributed by atoms with Gasteiger partial charge in [0.2, 0.25) is 0 Å². The summed E-state index contributed by atoms with van der Waals surface area (Å²) < 4.78 is 18.4. The Morgan fingerprint density at radius 1 is 1.10 bits per heavy atom. The molecule has 0 bridgehead atoms. The Labute approximate surface area is 173 Å². The highest BCUT2D eigenvalue weighted by Crippen LogP contribution is 2.30. The molecule has 1 N–H and O–H groups in total. The molecule has 3 heterocycles. The Morgan fingerprint density at radius 2 is 1.86 bits per heavy atom. The van der Waals surface area contributed by atoms with E-state index in [1.54, 1.807) is 23.5 Å². The van der Waals surface area contributed by atoms with E-state index in [4.69, 9.17) is 4.42 Å². The third-order valence-electron chi connectivity index (χ3n) is 5.31. The lowest BCUT2D eigenvalue weighted by Gasteiger charge is -2.42. The predicted octanol–water partition coefficient (Wildman–Crippen LogP) is 4.16. The lowest BCUT2D eigenvalue weighted by atomic mass is 10.0. The van der Waals surface area contributed by atoms with Gasteiger partial charge in [0.15, 0.2) is 5.76 Å². The summed E-state index contributed by atoms with van der Waals surface area (Å²) in [4.78, 5) is 18.4. The van der Waals surface area contributed by atoms with Crippen LogP contribution in [0.25, 0.3) is 0 Å². The zero-order valence-corrected chi connectivity index (χ0v) is 17.1. The molecule has 3 aromatic rings. The summed E-state index contributed by atoms with van der Waals surface area (Å²) in [6.07, 6.45) is 1.50. The molecule has 7 heteroatoms. The Bertz CT molecular complexity index is 904. The molecule has 4 rings (SSSR count). The van der Waals surface area contributed by atoms with E-state index in [9.17, 15) is 9.18 Å². The third kappa shape index (κ3) is 4.52. The van der Waals surface area contributed by atoms with E-state index in [-0.39, 0.29) is 23.8 Å². The van der Waals surface area contributed by atoms with Gasteiger partial charge in [-0.2, -0.15) is 0 Å². The van der Waals surface area contributed by atoms with Crippen LogP contribution in [0.4, 0.5) is 10.1 Å². The average Bonchev–Trinajstić information content (AvgIpc) is 3.44. The molecule has 1 aliphatic heterocycles. The second-order valence-corrected chi connectivity index (χ2v) is 8.18. The van der Waals surface area contributed by atoms with Crippen molar-refractivity contribution in [2.75, 3.05) is 31.1 Å². The van der Waals surface area contributed by atoms with Gasteiger partial charge >= 0.3 is 0 Å². The Kier molecular flexibility index (Phi) is 5.97. The fraction of sp³-hybridized carbons (Fsp3) is 0.318. The standard InChI is InChI=1S/C22H24FN3O2S/c1-16(24-22(27)19-4-2-14-28-19)21(20-5-3-15-29-20)26-12-10-25(11-13-26)18-8-6-17(23)7-9-18/h2-9,14-16,21H,10-13H2,1H3,(H,24,27)/t16-,21-/m0/s1. The number of benzene rings is 1. The summed E-state index contributed by atoms with van der Waals surface area (Å²) in [5, 5.41) is 5.16. The highest BCUT2D eigenvalue weighted by molar-refractivity contribution is 7.10. The second kappa shape index (κ2) is 8.80. The Balaban J connectivity index is 1.45. The number of anilines is 1. The van der Waals surface area contributed by atoms with Crippen molar-refractivity contribution < 1.29 is 13.6 Å². The summed E-state index contributed by atoms with van der Waals surface area (Å²) in [7, 11) is 0. The molecule has 1 saturated heterocycles. The molecule has 1 aliphatic rings. The van der Waals surface area contributed by atoms with Gasteiger partial charge in [-0.25, -0.2) is 4.39 Å². The van der Waals surface area contributed by atoms with E-state index in [0.29, 0.717) is 5.76 Å². The van der Waals surface area contributed by atoms with Gasteiger partial charge in [0, 0.05) is 42.8 Å². The molecule has 0 radical (unpaired) electrons. The molecular formula is C22H24FN3O2S. The molecule has 152 valence electrons. The summed E-state index contributed by atoms with van der Waals surface area (Å²) in [5.74, 6) is -0.0943. The van der Waals surface area contributed by atoms with Crippen molar-refractivity contribution in [2.24, 2.45) is 0 Å². The Morgan fingerprint density at radius 3 is 2.48 bits per heavy atom. The number of hydrogen-bond acceptors (Lipinski definition) is 5. The zero-order chi connectivity index (χ0) is 20.2. The minimum atomic E-state index is -0.216. The largest absolute Gasteiger partial charge is 0.459 e. The quantitative estimate of drug-likeness (QED) is 0.659. The monoisotopic (exact) mass is 413 g/mol. The fourth-order valence-electron chi connectivity index (χ4n) is 3.88. The van der Waals surface area contributed by atoms with E-state index in [0.717, 1.165) is 31.9 Å². The smallest absolute Gasteiger partial charge is 0.287 e. The fourth-order valence-corrected chi connectivity index (χ4v) is 4.84. The topological polar surface area (TPSA) is 48.7 Å². The number of nitrogens with one attached hydrogen (secondary N) is 1. The van der Waals surface area contributed by atoms with Gasteiger partial charge in [-0.3, -0.25) is 9.69 Å². The van der Waals surface area contributed by atoms with Gasteiger partial charge in [0.1, 0.15) is 5.82 Å². The van der Waals surface area contributed by atoms with Crippen LogP contribution in [-0.2, 0) is 0 Å². The number of thiophene rings is 1. The van der Waals surface area contributed by atoms with E-state index < -0.39 is 0 Å². The van der Waals surface area contributed by atoms with Crippen molar-refractivity contribution >= 4 is 22.9 Å². The SMILES string of the molecule is C[C@H](NC(=O)c1ccco1)[C@@H](c1cccs1)N1CCN(c2ccc(F)cc2)CC1. The molecular weight excluding hydrogens is 389 g/mol. The van der Waals surface area contributed by atoms with Crippen LogP contribution in [0.2, 0.25) is 0 Å². The van der Waals surface area contributed by atoms with Crippen molar-refractivity contribution in [3.63, 3.8) is 0 Å². The van der Waals surface area contributed by atoms with E-state index in [1.807, 2.05) is 25.1 Å². The lowest BCUT2D eigenvalue weighted by molar-refractivity contribution is 0.0863. The minimum Gasteiger partial charge on any atom is -0.459 e. The molecule has 0 spiro atoms. The van der Waals surface area contributed by atoms with Crippen molar-refractivity contribution in [1.82, 2.24) is 10.2 Å². The maximum atomic E-state index is 13.2. The van der Waals surface area contributed by atoms with Gasteiger partial charge in [0.05, 0.1) is 12.3 Å². The number of piperazine rings is 1. The molecule has 1 amide bonds. The highest BCUT2D eigenvalue weighted by Gasteiger charge is 2.31. The lowest BCUT2D eigenvalue weighted by Crippen LogP contribution is -2.52. The maximum absolute atomic E-state index is 13.2. The number of halogens is 1. The molecule has 5 nitrogen and oxygen atoms in total. The number of nitrogens with zero attached hydrogens (tertiary/aromatic N) is 2. The molecule has 2 aromatic heterocycles. The van der Waals surface area contributed by atoms with Crippen LogP contribution in [0.5, 0.6) is 0 Å². The van der Waals surface area contributed by atoms with Crippen LogP contribution in [0.15, 0.2) is 64.6 Å². The molecule has 29 heavy (non-hydrogen) atoms. The van der Waals surface area contributed by atoms with Crippen LogP contribution in [0.3, 0.4) is 0 Å². The number of amides is 1. The van der Waals surface area contributed by atoms with Gasteiger partial charge in [0.25, 0.3) is 5.91 Å². The minimum absolute atomic E-state index is 0.0800. The molecule has 0 saturated carbocycles. The summed E-state index contributed by atoms with van der Waals surface area (Å²) in [6.45, 7) is 5.47. The normalized spacial score (nSPS) is 17.1. The van der Waals surface area contributed by atoms with Crippen LogP contribution in [0, 0.1) is 5.82 Å². The van der Waals surface area contributed by atoms with Crippen LogP contribution < -0.4 is 10.2 Å². The number of carbonyl (C=O) groups is 1. The number of hydrogen-bond donors (Lipinski definition) is 1. The second-order valence-electron chi connectivity index (χ2n) is 7.20. The van der Waals surface area contributed by atoms with Crippen molar-refractivity contribution in [2.45, 2.75) is 19.0 Å². The van der Waals surface area contributed by atoms with Gasteiger partial charge in [-0.15, -0.1) is 11.3 Å². The first-order valence-corrected chi connectivity index (χ1v) is 10.6. The van der Waals surface area contributed by atoms with Crippen molar-refractivity contribution in [3.8, 4) is 0 Å². The van der Waals surface area contributed by atoms with E-state index in [2.05, 4.69) is 26.6 Å². The molecule has 1 aromatic carbocycles. The molecule has 1 fully saturated rings. The Hall–Kier alpha value is -2.64. The first kappa shape index (κ1) is 19.7. The summed E-state index contributed by atoms with van der Waals surface area (Å²) in [6, 6.07) is 14.2. The number of furan rings is 1. The van der Waals surface area contributed by atoms with Gasteiger partial charge < -0.3 is 14.6 Å². The first-order chi connectivity index (χ1) is 14.1. The van der Waals surface area contributed by atoms with Gasteiger partial charge in [-0.05, 0) is 54.8 Å². The van der Waals surface area contributed by atoms with Gasteiger partial charge in [-0.1, -0.05) is 6.07 Å². The van der Waals surface area contributed by atoms with Crippen molar-refractivity contribution in [1.29, 1.82) is 0 Å². The highest BCUT2D eigenvalue weighted by atomic mass is 32.1. The van der Waals surface area contributed by atoms with Crippen molar-refractivity contribution in [3.05, 3.63) is 76.6 Å². The number of rotatable bonds is 6. The van der Waals surface area contributed by atoms with Crippen LogP contribution in [0.1, 0.15) is 28.4 Å². The maximum Gasteiger partial charge on any atom is 0.287 e. The number of carbonyl (C=O) groups excluding carboxylic acids is 1. The summed E-state index contributed by atoms with van der Waals surface area (Å²) >= 11 is 1.70. The zero-order valence-electron chi connectivity index (χ0n) is 16.3. The molecule has 0 aliphatic carbocycles. The van der Waals surface area contributed by atoms with E-state index in [1.165, 1.54) is 23.3 Å². The van der Waals surface area contributed by atoms with Crippen LogP contribution >= 0.6 is 11.3 Å². The van der Waals surface area contributed by atoms with Crippen LogP contribution in [-0.4, -0.2) is 43.0 Å². The molecule has 0 unspecified atom stereocenters. The van der Waals surface area contributed by atoms with E-state index >= 15 is 0 Å². The first-order valence-electron chi connectivity index (χ1n) is 9.74. The summed E-state index contributed by atoms with van der Waals surface area (Å²) in [5.41, 5.74) is 1.04. The predicted molar refractivity (Wildman–Crippen MR) is 113 cm³/mol. The molecule has 2 atom stereocenters. The average molecular weight is 414 g/mol.